The molecule has 1 aliphatic rings. The third-order valence-electron chi connectivity index (χ3n) is 4.82. The van der Waals surface area contributed by atoms with Gasteiger partial charge in [0, 0.05) is 33.2 Å². The Bertz CT molecular complexity index is 759. The van der Waals surface area contributed by atoms with Gasteiger partial charge in [-0.3, -0.25) is 4.79 Å². The Morgan fingerprint density at radius 2 is 1.90 bits per heavy atom. The van der Waals surface area contributed by atoms with Gasteiger partial charge in [-0.2, -0.15) is 0 Å². The largest absolute Gasteiger partial charge is 0.363 e. The maximum absolute atomic E-state index is 12.0. The number of piperidine rings is 1. The van der Waals surface area contributed by atoms with Crippen LogP contribution in [0.25, 0.3) is 0 Å². The molecule has 3 rings (SSSR count). The average Bonchev–Trinajstić information content (AvgIpc) is 3.26. The molecule has 1 aliphatic heterocycles. The van der Waals surface area contributed by atoms with Crippen LogP contribution in [0.5, 0.6) is 0 Å². The van der Waals surface area contributed by atoms with Crippen molar-refractivity contribution in [1.82, 2.24) is 15.5 Å². The van der Waals surface area contributed by atoms with Crippen LogP contribution in [0.15, 0.2) is 52.8 Å². The van der Waals surface area contributed by atoms with E-state index in [4.69, 9.17) is 4.99 Å². The summed E-state index contributed by atoms with van der Waals surface area (Å²) < 4.78 is 0. The van der Waals surface area contributed by atoms with Gasteiger partial charge in [0.05, 0.1) is 18.1 Å². The number of carbonyl (C=O) groups is 1. The van der Waals surface area contributed by atoms with Crippen molar-refractivity contribution in [2.45, 2.75) is 25.4 Å². The number of guanidine groups is 1. The smallest absolute Gasteiger partial charge is 0.241 e. The van der Waals surface area contributed by atoms with E-state index in [1.165, 1.54) is 5.00 Å². The maximum atomic E-state index is 12.0. The number of nitrogens with one attached hydrogen (secondary N) is 2. The molecule has 1 fully saturated rings. The highest BCUT2D eigenvalue weighted by atomic mass is 127. The second-order valence-corrected chi connectivity index (χ2v) is 8.08. The van der Waals surface area contributed by atoms with Gasteiger partial charge in [0.15, 0.2) is 5.96 Å². The molecular formula is C21H30IN5OS. The summed E-state index contributed by atoms with van der Waals surface area (Å²) >= 11 is 1.79. The minimum atomic E-state index is 0. The lowest BCUT2D eigenvalue weighted by Crippen LogP contribution is -2.50. The highest BCUT2D eigenvalue weighted by molar-refractivity contribution is 14.0. The van der Waals surface area contributed by atoms with Gasteiger partial charge in [-0.05, 0) is 35.9 Å². The van der Waals surface area contributed by atoms with Crippen molar-refractivity contribution in [3.63, 3.8) is 0 Å². The molecule has 8 heteroatoms. The fourth-order valence-corrected chi connectivity index (χ4v) is 3.90. The lowest BCUT2D eigenvalue weighted by molar-refractivity contribution is -0.127. The second kappa shape index (κ2) is 12.0. The Hall–Kier alpha value is -1.81. The van der Waals surface area contributed by atoms with Crippen LogP contribution in [0.1, 0.15) is 18.4 Å². The van der Waals surface area contributed by atoms with Crippen LogP contribution in [0.4, 0.5) is 5.00 Å². The zero-order valence-electron chi connectivity index (χ0n) is 17.0. The summed E-state index contributed by atoms with van der Waals surface area (Å²) in [6, 6.07) is 14.8. The van der Waals surface area contributed by atoms with E-state index in [0.29, 0.717) is 18.5 Å². The van der Waals surface area contributed by atoms with Gasteiger partial charge >= 0.3 is 0 Å². The molecule has 0 saturated carbocycles. The van der Waals surface area contributed by atoms with Gasteiger partial charge in [-0.25, -0.2) is 4.99 Å². The van der Waals surface area contributed by atoms with Crippen molar-refractivity contribution >= 4 is 52.2 Å². The molecule has 1 saturated heterocycles. The molecule has 2 N–H and O–H groups in total. The molecular weight excluding hydrogens is 497 g/mol. The van der Waals surface area contributed by atoms with Gasteiger partial charge in [0.25, 0.3) is 0 Å². The van der Waals surface area contributed by atoms with Crippen molar-refractivity contribution in [3.8, 4) is 0 Å². The molecule has 1 aromatic heterocycles. The van der Waals surface area contributed by atoms with Crippen molar-refractivity contribution in [1.29, 1.82) is 0 Å². The van der Waals surface area contributed by atoms with Crippen LogP contribution in [0.2, 0.25) is 0 Å². The highest BCUT2D eigenvalue weighted by Crippen LogP contribution is 2.24. The summed E-state index contributed by atoms with van der Waals surface area (Å²) in [7, 11) is 3.52. The molecule has 0 atom stereocenters. The molecule has 158 valence electrons. The molecule has 0 spiro atoms. The van der Waals surface area contributed by atoms with Gasteiger partial charge in [0.2, 0.25) is 5.91 Å². The first-order valence-corrected chi connectivity index (χ1v) is 10.6. The zero-order chi connectivity index (χ0) is 19.8. The predicted octanol–water partition coefficient (Wildman–Crippen LogP) is 3.16. The Morgan fingerprint density at radius 1 is 1.17 bits per heavy atom. The van der Waals surface area contributed by atoms with E-state index in [2.05, 4.69) is 45.2 Å². The summed E-state index contributed by atoms with van der Waals surface area (Å²) in [6.07, 6.45) is 2.09. The molecule has 2 heterocycles. The average molecular weight is 527 g/mol. The normalized spacial score (nSPS) is 14.8. The lowest BCUT2D eigenvalue weighted by Gasteiger charge is -2.33. The Labute approximate surface area is 194 Å². The van der Waals surface area contributed by atoms with Gasteiger partial charge in [-0.1, -0.05) is 30.3 Å². The minimum absolute atomic E-state index is 0. The van der Waals surface area contributed by atoms with Crippen molar-refractivity contribution in [3.05, 3.63) is 53.4 Å². The van der Waals surface area contributed by atoms with Gasteiger partial charge < -0.3 is 20.4 Å². The number of hydrogen-bond donors (Lipinski definition) is 2. The first-order chi connectivity index (χ1) is 13.6. The number of rotatable bonds is 6. The van der Waals surface area contributed by atoms with Crippen LogP contribution in [-0.2, 0) is 11.3 Å². The number of carbonyl (C=O) groups excluding carboxylic acids is 1. The van der Waals surface area contributed by atoms with E-state index < -0.39 is 0 Å². The highest BCUT2D eigenvalue weighted by Gasteiger charge is 2.21. The number of amides is 1. The molecule has 29 heavy (non-hydrogen) atoms. The van der Waals surface area contributed by atoms with Crippen molar-refractivity contribution < 1.29 is 4.79 Å². The van der Waals surface area contributed by atoms with Gasteiger partial charge in [0.1, 0.15) is 0 Å². The Morgan fingerprint density at radius 3 is 2.52 bits per heavy atom. The SMILES string of the molecule is CN(C)C(=O)CNC(=NCc1ccccc1)NC1CCN(c2cccs2)CC1.I. The number of aliphatic imine (C=N–C) groups is 1. The molecule has 1 amide bonds. The maximum Gasteiger partial charge on any atom is 0.241 e. The number of halogens is 1. The van der Waals surface area contributed by atoms with Crippen LogP contribution in [0.3, 0.4) is 0 Å². The fourth-order valence-electron chi connectivity index (χ4n) is 3.11. The molecule has 0 radical (unpaired) electrons. The van der Waals surface area contributed by atoms with E-state index in [1.54, 1.807) is 30.3 Å². The summed E-state index contributed by atoms with van der Waals surface area (Å²) in [4.78, 5) is 20.7. The quantitative estimate of drug-likeness (QED) is 0.345. The molecule has 0 unspecified atom stereocenters. The summed E-state index contributed by atoms with van der Waals surface area (Å²) in [5.41, 5.74) is 1.15. The van der Waals surface area contributed by atoms with Gasteiger partial charge in [-0.15, -0.1) is 35.3 Å². The summed E-state index contributed by atoms with van der Waals surface area (Å²) in [6.45, 7) is 2.88. The molecule has 6 nitrogen and oxygen atoms in total. The second-order valence-electron chi connectivity index (χ2n) is 7.15. The standard InChI is InChI=1S/C21H29N5OS.HI/c1-25(2)19(27)16-23-21(22-15-17-7-4-3-5-8-17)24-18-10-12-26(13-11-18)20-9-6-14-28-20;/h3-9,14,18H,10-13,15-16H2,1-2H3,(H2,22,23,24);1H. The minimum Gasteiger partial charge on any atom is -0.363 e. The van der Waals surface area contributed by atoms with E-state index in [9.17, 15) is 4.79 Å². The molecule has 0 aliphatic carbocycles. The third kappa shape index (κ3) is 7.50. The first-order valence-electron chi connectivity index (χ1n) is 9.69. The predicted molar refractivity (Wildman–Crippen MR) is 132 cm³/mol. The molecule has 1 aromatic carbocycles. The van der Waals surface area contributed by atoms with Crippen LogP contribution in [0, 0.1) is 0 Å². The van der Waals surface area contributed by atoms with Crippen LogP contribution in [-0.4, -0.2) is 56.5 Å². The van der Waals surface area contributed by atoms with E-state index in [0.717, 1.165) is 31.5 Å². The number of anilines is 1. The summed E-state index contributed by atoms with van der Waals surface area (Å²) in [5, 5.41) is 10.2. The lowest BCUT2D eigenvalue weighted by atomic mass is 10.1. The monoisotopic (exact) mass is 527 g/mol. The topological polar surface area (TPSA) is 60.0 Å². The van der Waals surface area contributed by atoms with Crippen molar-refractivity contribution in [2.75, 3.05) is 38.6 Å². The van der Waals surface area contributed by atoms with Crippen molar-refractivity contribution in [2.24, 2.45) is 4.99 Å². The first kappa shape index (κ1) is 23.5. The Kier molecular flexibility index (Phi) is 9.72. The molecule has 0 bridgehead atoms. The number of benzene rings is 1. The molecule has 2 aromatic rings. The van der Waals surface area contributed by atoms with E-state index in [-0.39, 0.29) is 36.4 Å². The van der Waals surface area contributed by atoms with E-state index >= 15 is 0 Å². The van der Waals surface area contributed by atoms with Crippen LogP contribution < -0.4 is 15.5 Å². The Balaban J connectivity index is 0.00000300. The van der Waals surface area contributed by atoms with E-state index in [1.807, 2.05) is 18.2 Å². The zero-order valence-corrected chi connectivity index (χ0v) is 20.2. The van der Waals surface area contributed by atoms with Crippen LogP contribution >= 0.6 is 35.3 Å². The summed E-state index contributed by atoms with van der Waals surface area (Å²) in [5.74, 6) is 0.732. The number of hydrogen-bond acceptors (Lipinski definition) is 4. The fraction of sp³-hybridized carbons (Fsp3) is 0.429. The number of likely N-dealkylation sites (N-methyl/N-ethyl adjacent to an activating group) is 1. The third-order valence-corrected chi connectivity index (χ3v) is 5.75. The number of thiophene rings is 1. The number of nitrogens with zero attached hydrogens (tertiary/aromatic N) is 3.